The molecule has 0 radical (unpaired) electrons. The zero-order chi connectivity index (χ0) is 11.5. The lowest BCUT2D eigenvalue weighted by atomic mass is 9.99. The van der Waals surface area contributed by atoms with Gasteiger partial charge in [0.05, 0.1) is 6.20 Å². The molecular formula is C11H16F2N2. The first-order valence-corrected chi connectivity index (χ1v) is 5.04. The summed E-state index contributed by atoms with van der Waals surface area (Å²) in [6.45, 7) is 5.97. The van der Waals surface area contributed by atoms with Crippen LogP contribution >= 0.6 is 0 Å². The third-order valence-electron chi connectivity index (χ3n) is 2.14. The predicted molar refractivity (Wildman–Crippen MR) is 56.8 cm³/mol. The van der Waals surface area contributed by atoms with Crippen LogP contribution in [-0.2, 0) is 0 Å². The fraction of sp³-hybridized carbons (Fsp3) is 0.545. The molecule has 1 N–H and O–H groups in total. The molecule has 0 aromatic carbocycles. The van der Waals surface area contributed by atoms with Crippen LogP contribution in [0.15, 0.2) is 12.3 Å². The average Bonchev–Trinajstić information content (AvgIpc) is 2.09. The minimum atomic E-state index is -0.661. The van der Waals surface area contributed by atoms with Gasteiger partial charge >= 0.3 is 0 Å². The van der Waals surface area contributed by atoms with E-state index in [1.807, 2.05) is 13.8 Å². The maximum atomic E-state index is 13.3. The van der Waals surface area contributed by atoms with E-state index in [1.54, 1.807) is 0 Å². The molecule has 1 heterocycles. The van der Waals surface area contributed by atoms with Crippen molar-refractivity contribution in [3.05, 3.63) is 23.9 Å². The quantitative estimate of drug-likeness (QED) is 0.831. The van der Waals surface area contributed by atoms with E-state index in [2.05, 4.69) is 17.2 Å². The summed E-state index contributed by atoms with van der Waals surface area (Å²) in [7, 11) is 0. The van der Waals surface area contributed by atoms with Crippen LogP contribution in [0, 0.1) is 11.6 Å². The summed E-state index contributed by atoms with van der Waals surface area (Å²) in [5.74, 6) is -1.21. The van der Waals surface area contributed by atoms with Gasteiger partial charge in [-0.15, -0.1) is 0 Å². The molecule has 0 amide bonds. The molecule has 1 aromatic heterocycles. The molecule has 15 heavy (non-hydrogen) atoms. The van der Waals surface area contributed by atoms with Crippen molar-refractivity contribution in [2.75, 3.05) is 5.32 Å². The normalized spacial score (nSPS) is 11.5. The number of hydrogen-bond donors (Lipinski definition) is 1. The highest BCUT2D eigenvalue weighted by molar-refractivity contribution is 5.38. The molecule has 0 fully saturated rings. The van der Waals surface area contributed by atoms with Crippen LogP contribution in [0.25, 0.3) is 0 Å². The number of rotatable bonds is 4. The molecule has 0 saturated carbocycles. The summed E-state index contributed by atoms with van der Waals surface area (Å²) < 4.78 is 25.9. The number of pyridine rings is 1. The van der Waals surface area contributed by atoms with Gasteiger partial charge in [-0.25, -0.2) is 13.8 Å². The minimum absolute atomic E-state index is 0.106. The van der Waals surface area contributed by atoms with Gasteiger partial charge in [-0.2, -0.15) is 0 Å². The number of nitrogens with one attached hydrogen (secondary N) is 1. The summed E-state index contributed by atoms with van der Waals surface area (Å²) >= 11 is 0. The van der Waals surface area contributed by atoms with Gasteiger partial charge in [0, 0.05) is 11.6 Å². The Balaban J connectivity index is 2.80. The van der Waals surface area contributed by atoms with Gasteiger partial charge in [-0.3, -0.25) is 0 Å². The number of anilines is 1. The topological polar surface area (TPSA) is 24.9 Å². The molecule has 1 aromatic rings. The van der Waals surface area contributed by atoms with Crippen molar-refractivity contribution in [1.29, 1.82) is 0 Å². The molecule has 0 bridgehead atoms. The van der Waals surface area contributed by atoms with Crippen molar-refractivity contribution in [3.8, 4) is 0 Å². The van der Waals surface area contributed by atoms with E-state index in [0.29, 0.717) is 0 Å². The predicted octanol–water partition coefficient (Wildman–Crippen LogP) is 3.35. The van der Waals surface area contributed by atoms with Crippen LogP contribution in [0.5, 0.6) is 0 Å². The maximum Gasteiger partial charge on any atom is 0.168 e. The van der Waals surface area contributed by atoms with Gasteiger partial charge < -0.3 is 5.32 Å². The molecule has 0 atom stereocenters. The lowest BCUT2D eigenvalue weighted by Gasteiger charge is -2.26. The Hall–Kier alpha value is -1.19. The van der Waals surface area contributed by atoms with E-state index in [4.69, 9.17) is 0 Å². The number of hydrogen-bond acceptors (Lipinski definition) is 2. The molecule has 0 aliphatic heterocycles. The number of aromatic nitrogens is 1. The van der Waals surface area contributed by atoms with Gasteiger partial charge in [0.2, 0.25) is 0 Å². The Labute approximate surface area is 88.7 Å². The third kappa shape index (κ3) is 3.46. The van der Waals surface area contributed by atoms with E-state index in [0.717, 1.165) is 25.1 Å². The molecule has 0 spiro atoms. The molecule has 0 unspecified atom stereocenters. The second-order valence-electron chi connectivity index (χ2n) is 4.24. The fourth-order valence-electron chi connectivity index (χ4n) is 1.51. The Morgan fingerprint density at radius 3 is 2.60 bits per heavy atom. The highest BCUT2D eigenvalue weighted by atomic mass is 19.1. The lowest BCUT2D eigenvalue weighted by molar-refractivity contribution is 0.499. The standard InChI is InChI=1S/C11H16F2N2/c1-4-5-11(2,3)15-10-9(13)6-8(12)7-14-10/h6-7H,4-5H2,1-3H3,(H,14,15). The van der Waals surface area contributed by atoms with Crippen LogP contribution in [0.3, 0.4) is 0 Å². The summed E-state index contributed by atoms with van der Waals surface area (Å²) in [4.78, 5) is 3.68. The summed E-state index contributed by atoms with van der Waals surface area (Å²) in [6.07, 6.45) is 2.89. The Bertz CT molecular complexity index is 337. The second-order valence-corrected chi connectivity index (χ2v) is 4.24. The first kappa shape index (κ1) is 11.9. The smallest absolute Gasteiger partial charge is 0.168 e. The fourth-order valence-corrected chi connectivity index (χ4v) is 1.51. The maximum absolute atomic E-state index is 13.3. The molecule has 0 saturated heterocycles. The van der Waals surface area contributed by atoms with E-state index in [9.17, 15) is 8.78 Å². The summed E-state index contributed by atoms with van der Waals surface area (Å²) in [5.41, 5.74) is -0.236. The van der Waals surface area contributed by atoms with Crippen molar-refractivity contribution >= 4 is 5.82 Å². The lowest BCUT2D eigenvalue weighted by Crippen LogP contribution is -2.31. The molecule has 0 aliphatic carbocycles. The van der Waals surface area contributed by atoms with E-state index in [1.165, 1.54) is 0 Å². The number of halogens is 2. The van der Waals surface area contributed by atoms with Crippen molar-refractivity contribution in [3.63, 3.8) is 0 Å². The molecule has 4 heteroatoms. The summed E-state index contributed by atoms with van der Waals surface area (Å²) in [5, 5.41) is 2.96. The van der Waals surface area contributed by atoms with Crippen LogP contribution < -0.4 is 5.32 Å². The van der Waals surface area contributed by atoms with Crippen molar-refractivity contribution in [2.45, 2.75) is 39.2 Å². The molecule has 2 nitrogen and oxygen atoms in total. The first-order chi connectivity index (χ1) is 6.94. The molecular weight excluding hydrogens is 198 g/mol. The molecule has 1 rings (SSSR count). The highest BCUT2D eigenvalue weighted by Crippen LogP contribution is 2.20. The van der Waals surface area contributed by atoms with Crippen LogP contribution in [0.1, 0.15) is 33.6 Å². The SMILES string of the molecule is CCCC(C)(C)Nc1ncc(F)cc1F. The molecule has 0 aliphatic rings. The van der Waals surface area contributed by atoms with Crippen molar-refractivity contribution in [1.82, 2.24) is 4.98 Å². The van der Waals surface area contributed by atoms with Crippen LogP contribution in [0.2, 0.25) is 0 Å². The van der Waals surface area contributed by atoms with Crippen LogP contribution in [0.4, 0.5) is 14.6 Å². The van der Waals surface area contributed by atoms with E-state index >= 15 is 0 Å². The van der Waals surface area contributed by atoms with E-state index < -0.39 is 11.6 Å². The summed E-state index contributed by atoms with van der Waals surface area (Å²) in [6, 6.07) is 0.831. The minimum Gasteiger partial charge on any atom is -0.363 e. The highest BCUT2D eigenvalue weighted by Gasteiger charge is 2.18. The van der Waals surface area contributed by atoms with Crippen molar-refractivity contribution < 1.29 is 8.78 Å². The van der Waals surface area contributed by atoms with Gasteiger partial charge in [0.25, 0.3) is 0 Å². The Morgan fingerprint density at radius 1 is 1.40 bits per heavy atom. The van der Waals surface area contributed by atoms with Gasteiger partial charge in [-0.05, 0) is 20.3 Å². The third-order valence-corrected chi connectivity index (χ3v) is 2.14. The molecule has 84 valence electrons. The monoisotopic (exact) mass is 214 g/mol. The van der Waals surface area contributed by atoms with Crippen molar-refractivity contribution in [2.24, 2.45) is 0 Å². The van der Waals surface area contributed by atoms with Gasteiger partial charge in [0.1, 0.15) is 5.82 Å². The van der Waals surface area contributed by atoms with Crippen LogP contribution in [-0.4, -0.2) is 10.5 Å². The second kappa shape index (κ2) is 4.55. The average molecular weight is 214 g/mol. The van der Waals surface area contributed by atoms with Gasteiger partial charge in [0.15, 0.2) is 11.6 Å². The first-order valence-electron chi connectivity index (χ1n) is 5.04. The Morgan fingerprint density at radius 2 is 2.07 bits per heavy atom. The zero-order valence-electron chi connectivity index (χ0n) is 9.27. The van der Waals surface area contributed by atoms with E-state index in [-0.39, 0.29) is 11.4 Å². The van der Waals surface area contributed by atoms with Gasteiger partial charge in [-0.1, -0.05) is 13.3 Å². The zero-order valence-corrected chi connectivity index (χ0v) is 9.27. The number of nitrogens with zero attached hydrogens (tertiary/aromatic N) is 1. The largest absolute Gasteiger partial charge is 0.363 e. The Kier molecular flexibility index (Phi) is 3.61.